The molecule has 0 spiro atoms. The first-order chi connectivity index (χ1) is 10.3. The van der Waals surface area contributed by atoms with Crippen LogP contribution in [-0.4, -0.2) is 54.3 Å². The molecular formula is C16H24N2O3S. The molecule has 5 nitrogen and oxygen atoms in total. The van der Waals surface area contributed by atoms with Crippen LogP contribution in [0.15, 0.2) is 6.07 Å². The summed E-state index contributed by atoms with van der Waals surface area (Å²) in [5.74, 6) is 0.416. The molecule has 1 saturated heterocycles. The average molecular weight is 324 g/mol. The minimum atomic E-state index is -2.94. The van der Waals surface area contributed by atoms with Crippen LogP contribution in [0.25, 0.3) is 0 Å². The first-order valence-corrected chi connectivity index (χ1v) is 9.77. The second-order valence-electron chi connectivity index (χ2n) is 6.74. The maximum atomic E-state index is 12.6. The Balaban J connectivity index is 1.74. The zero-order chi connectivity index (χ0) is 16.1. The number of hydrogen-bond acceptors (Lipinski definition) is 4. The van der Waals surface area contributed by atoms with Gasteiger partial charge in [-0.15, -0.1) is 0 Å². The zero-order valence-corrected chi connectivity index (χ0v) is 14.3. The molecular weight excluding hydrogens is 300 g/mol. The van der Waals surface area contributed by atoms with E-state index in [1.54, 1.807) is 0 Å². The average Bonchev–Trinajstić information content (AvgIpc) is 3.19. The predicted molar refractivity (Wildman–Crippen MR) is 86.2 cm³/mol. The molecule has 1 aliphatic carbocycles. The Morgan fingerprint density at radius 1 is 1.32 bits per heavy atom. The van der Waals surface area contributed by atoms with Crippen LogP contribution >= 0.6 is 0 Å². The van der Waals surface area contributed by atoms with Gasteiger partial charge in [-0.2, -0.15) is 0 Å². The highest BCUT2D eigenvalue weighted by molar-refractivity contribution is 7.91. The number of hydrogen-bond donors (Lipinski definition) is 0. The summed E-state index contributed by atoms with van der Waals surface area (Å²) >= 11 is 0. The minimum Gasteiger partial charge on any atom is -0.345 e. The van der Waals surface area contributed by atoms with Gasteiger partial charge in [0.15, 0.2) is 15.6 Å². The molecule has 2 aliphatic rings. The van der Waals surface area contributed by atoms with E-state index in [2.05, 4.69) is 11.5 Å². The van der Waals surface area contributed by atoms with Crippen molar-refractivity contribution in [3.8, 4) is 0 Å². The molecule has 1 aromatic rings. The standard InChI is InChI=1S/C16H24N2O3S/c1-11-8-15(13(3)18(11)14-4-5-14)16(19)9-17-6-7-22(20,21)10-12(17)2/h8,12,14H,4-7,9-10H2,1-3H3. The molecule has 122 valence electrons. The Bertz CT molecular complexity index is 701. The lowest BCUT2D eigenvalue weighted by atomic mass is 10.1. The summed E-state index contributed by atoms with van der Waals surface area (Å²) in [6.07, 6.45) is 2.40. The number of rotatable bonds is 4. The monoisotopic (exact) mass is 324 g/mol. The van der Waals surface area contributed by atoms with E-state index in [0.717, 1.165) is 17.0 Å². The molecule has 0 N–H and O–H groups in total. The van der Waals surface area contributed by atoms with Crippen molar-refractivity contribution in [3.63, 3.8) is 0 Å². The van der Waals surface area contributed by atoms with Crippen LogP contribution in [0, 0.1) is 13.8 Å². The highest BCUT2D eigenvalue weighted by Crippen LogP contribution is 2.38. The molecule has 6 heteroatoms. The van der Waals surface area contributed by atoms with Crippen LogP contribution in [0.5, 0.6) is 0 Å². The maximum absolute atomic E-state index is 12.6. The van der Waals surface area contributed by atoms with Crippen molar-refractivity contribution in [2.75, 3.05) is 24.6 Å². The number of carbonyl (C=O) groups excluding carboxylic acids is 1. The number of nitrogens with zero attached hydrogens (tertiary/aromatic N) is 2. The predicted octanol–water partition coefficient (Wildman–Crippen LogP) is 1.74. The first-order valence-electron chi connectivity index (χ1n) is 7.94. The van der Waals surface area contributed by atoms with Crippen LogP contribution in [0.3, 0.4) is 0 Å². The van der Waals surface area contributed by atoms with E-state index in [1.165, 1.54) is 12.8 Å². The Morgan fingerprint density at radius 3 is 2.59 bits per heavy atom. The molecule has 1 unspecified atom stereocenters. The van der Waals surface area contributed by atoms with Gasteiger partial charge in [0.2, 0.25) is 0 Å². The Kier molecular flexibility index (Phi) is 3.93. The smallest absolute Gasteiger partial charge is 0.178 e. The summed E-state index contributed by atoms with van der Waals surface area (Å²) < 4.78 is 25.5. The van der Waals surface area contributed by atoms with Gasteiger partial charge >= 0.3 is 0 Å². The fourth-order valence-electron chi connectivity index (χ4n) is 3.49. The van der Waals surface area contributed by atoms with Gasteiger partial charge in [-0.3, -0.25) is 9.69 Å². The summed E-state index contributed by atoms with van der Waals surface area (Å²) in [4.78, 5) is 14.6. The fraction of sp³-hybridized carbons (Fsp3) is 0.688. The van der Waals surface area contributed by atoms with E-state index in [4.69, 9.17) is 0 Å². The van der Waals surface area contributed by atoms with E-state index in [0.29, 0.717) is 19.1 Å². The summed E-state index contributed by atoms with van der Waals surface area (Å²) in [6.45, 7) is 6.72. The largest absolute Gasteiger partial charge is 0.345 e. The molecule has 1 aromatic heterocycles. The lowest BCUT2D eigenvalue weighted by Gasteiger charge is -2.32. The molecule has 0 bridgehead atoms. The Labute approximate surface area is 132 Å². The van der Waals surface area contributed by atoms with Gasteiger partial charge in [0.25, 0.3) is 0 Å². The van der Waals surface area contributed by atoms with Gasteiger partial charge in [-0.05, 0) is 39.7 Å². The van der Waals surface area contributed by atoms with Gasteiger partial charge in [0.1, 0.15) is 0 Å². The van der Waals surface area contributed by atoms with Crippen LogP contribution in [-0.2, 0) is 9.84 Å². The highest BCUT2D eigenvalue weighted by Gasteiger charge is 2.31. The maximum Gasteiger partial charge on any atom is 0.178 e. The van der Waals surface area contributed by atoms with Gasteiger partial charge in [-0.25, -0.2) is 8.42 Å². The van der Waals surface area contributed by atoms with Crippen LogP contribution in [0.2, 0.25) is 0 Å². The Hall–Kier alpha value is -1.14. The normalized spacial score (nSPS) is 25.3. The second-order valence-corrected chi connectivity index (χ2v) is 8.97. The summed E-state index contributed by atoms with van der Waals surface area (Å²) in [5, 5.41) is 0. The van der Waals surface area contributed by atoms with Gasteiger partial charge in [0, 0.05) is 35.6 Å². The van der Waals surface area contributed by atoms with Crippen LogP contribution < -0.4 is 0 Å². The molecule has 22 heavy (non-hydrogen) atoms. The quantitative estimate of drug-likeness (QED) is 0.792. The van der Waals surface area contributed by atoms with E-state index < -0.39 is 9.84 Å². The van der Waals surface area contributed by atoms with Crippen molar-refractivity contribution in [2.24, 2.45) is 0 Å². The third kappa shape index (κ3) is 2.99. The van der Waals surface area contributed by atoms with Gasteiger partial charge < -0.3 is 4.57 Å². The zero-order valence-electron chi connectivity index (χ0n) is 13.5. The number of carbonyl (C=O) groups is 1. The Morgan fingerprint density at radius 2 is 2.00 bits per heavy atom. The third-order valence-electron chi connectivity index (χ3n) is 4.85. The summed E-state index contributed by atoms with van der Waals surface area (Å²) in [7, 11) is -2.94. The van der Waals surface area contributed by atoms with Crippen molar-refractivity contribution in [1.29, 1.82) is 0 Å². The number of aryl methyl sites for hydroxylation is 1. The molecule has 0 radical (unpaired) electrons. The van der Waals surface area contributed by atoms with Gasteiger partial charge in [-0.1, -0.05) is 0 Å². The second kappa shape index (κ2) is 5.49. The van der Waals surface area contributed by atoms with Gasteiger partial charge in [0.05, 0.1) is 18.1 Å². The van der Waals surface area contributed by atoms with Crippen molar-refractivity contribution in [2.45, 2.75) is 45.7 Å². The first kappa shape index (κ1) is 15.7. The molecule has 3 rings (SSSR count). The van der Waals surface area contributed by atoms with Crippen molar-refractivity contribution in [1.82, 2.24) is 9.47 Å². The summed E-state index contributed by atoms with van der Waals surface area (Å²) in [6, 6.07) is 2.47. The molecule has 1 saturated carbocycles. The number of Topliss-reactive ketones (excluding diaryl/α,β-unsaturated/α-hetero) is 1. The van der Waals surface area contributed by atoms with E-state index in [-0.39, 0.29) is 23.3 Å². The molecule has 2 heterocycles. The number of sulfone groups is 1. The SMILES string of the molecule is Cc1cc(C(=O)CN2CCS(=O)(=O)CC2C)c(C)n1C1CC1. The topological polar surface area (TPSA) is 59.4 Å². The van der Waals surface area contributed by atoms with Crippen LogP contribution in [0.1, 0.15) is 47.6 Å². The van der Waals surface area contributed by atoms with Crippen LogP contribution in [0.4, 0.5) is 0 Å². The number of aromatic nitrogens is 1. The molecule has 0 aromatic carbocycles. The third-order valence-corrected chi connectivity index (χ3v) is 6.65. The lowest BCUT2D eigenvalue weighted by Crippen LogP contribution is -2.48. The minimum absolute atomic E-state index is 0.0883. The van der Waals surface area contributed by atoms with Crippen molar-refractivity contribution < 1.29 is 13.2 Å². The fourth-order valence-corrected chi connectivity index (χ4v) is 5.12. The van der Waals surface area contributed by atoms with E-state index in [9.17, 15) is 13.2 Å². The highest BCUT2D eigenvalue weighted by atomic mass is 32.2. The van der Waals surface area contributed by atoms with Crippen molar-refractivity contribution in [3.05, 3.63) is 23.0 Å². The summed E-state index contributed by atoms with van der Waals surface area (Å²) in [5.41, 5.74) is 3.00. The lowest BCUT2D eigenvalue weighted by molar-refractivity contribution is 0.0908. The van der Waals surface area contributed by atoms with Crippen molar-refractivity contribution >= 4 is 15.6 Å². The molecule has 0 amide bonds. The molecule has 2 fully saturated rings. The van der Waals surface area contributed by atoms with E-state index >= 15 is 0 Å². The number of ketones is 1. The molecule has 1 aliphatic heterocycles. The molecule has 1 atom stereocenters. The van der Waals surface area contributed by atoms with E-state index in [1.807, 2.05) is 24.8 Å².